The Morgan fingerprint density at radius 1 is 1.11 bits per heavy atom. The molecule has 1 amide bonds. The maximum absolute atomic E-state index is 13.4. The second-order valence-electron chi connectivity index (χ2n) is 6.60. The molecule has 2 aromatic carbocycles. The van der Waals surface area contributed by atoms with Gasteiger partial charge in [0.25, 0.3) is 10.0 Å². The molecule has 28 heavy (non-hydrogen) atoms. The fourth-order valence-corrected chi connectivity index (χ4v) is 4.06. The van der Waals surface area contributed by atoms with Gasteiger partial charge in [-0.2, -0.15) is 0 Å². The highest BCUT2D eigenvalue weighted by Gasteiger charge is 2.29. The first-order valence-electron chi connectivity index (χ1n) is 9.40. The zero-order valence-electron chi connectivity index (χ0n) is 16.8. The molecular weight excluding hydrogens is 376 g/mol. The summed E-state index contributed by atoms with van der Waals surface area (Å²) in [5, 5.41) is 2.83. The highest BCUT2D eigenvalue weighted by molar-refractivity contribution is 7.92. The van der Waals surface area contributed by atoms with Crippen molar-refractivity contribution in [3.8, 4) is 5.75 Å². The topological polar surface area (TPSA) is 75.7 Å². The maximum atomic E-state index is 13.4. The van der Waals surface area contributed by atoms with Gasteiger partial charge < -0.3 is 10.1 Å². The Morgan fingerprint density at radius 2 is 1.75 bits per heavy atom. The number of para-hydroxylation sites is 2. The van der Waals surface area contributed by atoms with Crippen LogP contribution in [0.3, 0.4) is 0 Å². The van der Waals surface area contributed by atoms with Crippen LogP contribution in [0.25, 0.3) is 0 Å². The number of hydrogen-bond donors (Lipinski definition) is 1. The first kappa shape index (κ1) is 21.8. The molecule has 0 heterocycles. The van der Waals surface area contributed by atoms with Crippen molar-refractivity contribution in [3.05, 3.63) is 54.1 Å². The van der Waals surface area contributed by atoms with Crippen LogP contribution in [0.4, 0.5) is 5.69 Å². The van der Waals surface area contributed by atoms with Gasteiger partial charge in [0.1, 0.15) is 12.3 Å². The summed E-state index contributed by atoms with van der Waals surface area (Å²) in [7, 11) is -3.96. The van der Waals surface area contributed by atoms with Crippen molar-refractivity contribution < 1.29 is 17.9 Å². The normalized spacial score (nSPS) is 12.3. The van der Waals surface area contributed by atoms with E-state index in [0.29, 0.717) is 18.0 Å². The highest BCUT2D eigenvalue weighted by atomic mass is 32.2. The van der Waals surface area contributed by atoms with Gasteiger partial charge in [-0.05, 0) is 51.5 Å². The van der Waals surface area contributed by atoms with Gasteiger partial charge in [-0.25, -0.2) is 8.42 Å². The van der Waals surface area contributed by atoms with Gasteiger partial charge in [0, 0.05) is 6.04 Å². The van der Waals surface area contributed by atoms with Crippen LogP contribution in [-0.2, 0) is 14.8 Å². The number of aryl methyl sites for hydroxylation is 1. The van der Waals surface area contributed by atoms with Crippen LogP contribution in [-0.4, -0.2) is 33.5 Å². The van der Waals surface area contributed by atoms with Gasteiger partial charge in [-0.3, -0.25) is 9.10 Å². The van der Waals surface area contributed by atoms with E-state index in [1.54, 1.807) is 48.5 Å². The molecule has 0 saturated carbocycles. The fraction of sp³-hybridized carbons (Fsp3) is 0.381. The molecule has 1 unspecified atom stereocenters. The van der Waals surface area contributed by atoms with Crippen LogP contribution in [0.1, 0.15) is 32.8 Å². The van der Waals surface area contributed by atoms with Crippen LogP contribution in [0, 0.1) is 6.92 Å². The summed E-state index contributed by atoms with van der Waals surface area (Å²) in [6, 6.07) is 13.4. The van der Waals surface area contributed by atoms with E-state index in [4.69, 9.17) is 4.74 Å². The summed E-state index contributed by atoms with van der Waals surface area (Å²) in [6.45, 7) is 7.60. The Hall–Kier alpha value is -2.54. The zero-order valence-corrected chi connectivity index (χ0v) is 17.6. The van der Waals surface area contributed by atoms with Crippen LogP contribution < -0.4 is 14.4 Å². The lowest BCUT2D eigenvalue weighted by Crippen LogP contribution is -2.43. The number of ether oxygens (including phenoxy) is 1. The molecule has 6 nitrogen and oxygen atoms in total. The average molecular weight is 405 g/mol. The lowest BCUT2D eigenvalue weighted by atomic mass is 10.2. The molecule has 2 rings (SSSR count). The standard InChI is InChI=1S/C21H28N2O4S/c1-5-17(4)22-21(24)15-23(19-9-7-8-10-20(19)27-6-2)28(25,26)18-13-11-16(3)12-14-18/h7-14,17H,5-6,15H2,1-4H3,(H,22,24). The summed E-state index contributed by atoms with van der Waals surface area (Å²) < 4.78 is 33.5. The lowest BCUT2D eigenvalue weighted by Gasteiger charge is -2.26. The minimum absolute atomic E-state index is 0.0430. The monoisotopic (exact) mass is 404 g/mol. The molecule has 0 saturated heterocycles. The van der Waals surface area contributed by atoms with E-state index in [1.165, 1.54) is 0 Å². The first-order chi connectivity index (χ1) is 13.3. The van der Waals surface area contributed by atoms with E-state index in [1.807, 2.05) is 27.7 Å². The molecule has 0 aliphatic carbocycles. The number of nitrogens with one attached hydrogen (secondary N) is 1. The molecule has 7 heteroatoms. The summed E-state index contributed by atoms with van der Waals surface area (Å²) in [6.07, 6.45) is 0.756. The molecule has 2 aromatic rings. The maximum Gasteiger partial charge on any atom is 0.264 e. The molecule has 0 aromatic heterocycles. The third-order valence-corrected chi connectivity index (χ3v) is 6.12. The number of nitrogens with zero attached hydrogens (tertiary/aromatic N) is 1. The van der Waals surface area contributed by atoms with Gasteiger partial charge in [-0.1, -0.05) is 36.8 Å². The SMILES string of the molecule is CCOc1ccccc1N(CC(=O)NC(C)CC)S(=O)(=O)c1ccc(C)cc1. The van der Waals surface area contributed by atoms with Crippen LogP contribution in [0.2, 0.25) is 0 Å². The molecule has 152 valence electrons. The van der Waals surface area contributed by atoms with Gasteiger partial charge in [0.2, 0.25) is 5.91 Å². The van der Waals surface area contributed by atoms with Gasteiger partial charge in [0.05, 0.1) is 17.2 Å². The molecule has 0 bridgehead atoms. The Bertz CT molecular complexity index is 895. The van der Waals surface area contributed by atoms with Crippen molar-refractivity contribution in [3.63, 3.8) is 0 Å². The molecule has 0 spiro atoms. The third-order valence-electron chi connectivity index (χ3n) is 4.35. The van der Waals surface area contributed by atoms with Crippen molar-refractivity contribution in [2.45, 2.75) is 45.1 Å². The Morgan fingerprint density at radius 3 is 2.36 bits per heavy atom. The highest BCUT2D eigenvalue weighted by Crippen LogP contribution is 2.32. The summed E-state index contributed by atoms with van der Waals surface area (Å²) in [5.41, 5.74) is 1.29. The predicted molar refractivity (Wildman–Crippen MR) is 111 cm³/mol. The minimum atomic E-state index is -3.96. The Labute approximate surface area is 167 Å². The average Bonchev–Trinajstić information content (AvgIpc) is 2.67. The van der Waals surface area contributed by atoms with Gasteiger partial charge in [0.15, 0.2) is 0 Å². The number of amides is 1. The molecule has 0 aliphatic heterocycles. The van der Waals surface area contributed by atoms with Crippen LogP contribution in [0.15, 0.2) is 53.4 Å². The summed E-state index contributed by atoms with van der Waals surface area (Å²) in [5.74, 6) is 0.0494. The number of benzene rings is 2. The lowest BCUT2D eigenvalue weighted by molar-refractivity contribution is -0.120. The van der Waals surface area contributed by atoms with Crippen molar-refractivity contribution in [2.75, 3.05) is 17.5 Å². The number of rotatable bonds is 9. The van der Waals surface area contributed by atoms with E-state index >= 15 is 0 Å². The molecule has 1 N–H and O–H groups in total. The van der Waals surface area contributed by atoms with E-state index in [0.717, 1.165) is 16.3 Å². The van der Waals surface area contributed by atoms with Crippen molar-refractivity contribution in [1.82, 2.24) is 5.32 Å². The zero-order chi connectivity index (χ0) is 20.7. The third kappa shape index (κ3) is 5.25. The van der Waals surface area contributed by atoms with Crippen molar-refractivity contribution >= 4 is 21.6 Å². The van der Waals surface area contributed by atoms with Gasteiger partial charge in [-0.15, -0.1) is 0 Å². The predicted octanol–water partition coefficient (Wildman–Crippen LogP) is 3.50. The number of carbonyl (C=O) groups is 1. The largest absolute Gasteiger partial charge is 0.492 e. The second kappa shape index (κ2) is 9.59. The quantitative estimate of drug-likeness (QED) is 0.694. The smallest absolute Gasteiger partial charge is 0.264 e. The van der Waals surface area contributed by atoms with E-state index in [2.05, 4.69) is 5.32 Å². The molecular formula is C21H28N2O4S. The second-order valence-corrected chi connectivity index (χ2v) is 8.46. The fourth-order valence-electron chi connectivity index (χ4n) is 2.63. The first-order valence-corrected chi connectivity index (χ1v) is 10.8. The molecule has 0 aliphatic rings. The minimum Gasteiger partial charge on any atom is -0.492 e. The molecule has 0 radical (unpaired) electrons. The van der Waals surface area contributed by atoms with E-state index < -0.39 is 10.0 Å². The van der Waals surface area contributed by atoms with Crippen LogP contribution >= 0.6 is 0 Å². The Kier molecular flexibility index (Phi) is 7.45. The van der Waals surface area contributed by atoms with Crippen molar-refractivity contribution in [2.24, 2.45) is 0 Å². The van der Waals surface area contributed by atoms with Crippen molar-refractivity contribution in [1.29, 1.82) is 0 Å². The number of anilines is 1. The molecule has 1 atom stereocenters. The van der Waals surface area contributed by atoms with Gasteiger partial charge >= 0.3 is 0 Å². The Balaban J connectivity index is 2.50. The number of sulfonamides is 1. The number of hydrogen-bond acceptors (Lipinski definition) is 4. The summed E-state index contributed by atoms with van der Waals surface area (Å²) >= 11 is 0. The summed E-state index contributed by atoms with van der Waals surface area (Å²) in [4.78, 5) is 12.7. The van der Waals surface area contributed by atoms with E-state index in [9.17, 15) is 13.2 Å². The molecule has 0 fully saturated rings. The number of carbonyl (C=O) groups excluding carboxylic acids is 1. The van der Waals surface area contributed by atoms with Crippen LogP contribution in [0.5, 0.6) is 5.75 Å². The van der Waals surface area contributed by atoms with E-state index in [-0.39, 0.29) is 23.4 Å².